The molecule has 1 aliphatic carbocycles. The number of allylic oxidation sites excluding steroid dienone is 3. The number of aliphatic hydroxyl groups excluding tert-OH is 1. The zero-order chi connectivity index (χ0) is 27.7. The molecule has 3 heterocycles. The Kier molecular flexibility index (Phi) is 9.46. The molecular formula is C31H50O7. The van der Waals surface area contributed by atoms with E-state index in [1.54, 1.807) is 0 Å². The maximum atomic E-state index is 13.6. The van der Waals surface area contributed by atoms with E-state index < -0.39 is 35.5 Å². The molecule has 216 valence electrons. The largest absolute Gasteiger partial charge is 0.462 e. The number of esters is 1. The van der Waals surface area contributed by atoms with Crippen molar-refractivity contribution in [2.24, 2.45) is 23.7 Å². The molecule has 0 aromatic heterocycles. The smallest absolute Gasteiger partial charge is 0.312 e. The van der Waals surface area contributed by atoms with Gasteiger partial charge in [-0.1, -0.05) is 44.6 Å². The fraction of sp³-hybridized carbons (Fsp3) is 0.839. The van der Waals surface area contributed by atoms with Gasteiger partial charge in [-0.2, -0.15) is 0 Å². The zero-order valence-corrected chi connectivity index (χ0v) is 24.2. The second-order valence-electron chi connectivity index (χ2n) is 12.8. The van der Waals surface area contributed by atoms with Crippen molar-refractivity contribution in [3.8, 4) is 0 Å². The van der Waals surface area contributed by atoms with Crippen LogP contribution in [-0.2, 0) is 23.7 Å². The number of ether oxygens (including phenoxy) is 4. The molecule has 4 aliphatic rings. The van der Waals surface area contributed by atoms with E-state index in [0.717, 1.165) is 25.7 Å². The number of fused-ring (bicyclic) bond motifs is 1. The van der Waals surface area contributed by atoms with Crippen LogP contribution < -0.4 is 0 Å². The summed E-state index contributed by atoms with van der Waals surface area (Å²) in [5, 5.41) is 22.0. The van der Waals surface area contributed by atoms with E-state index in [1.165, 1.54) is 5.57 Å². The van der Waals surface area contributed by atoms with E-state index in [9.17, 15) is 15.0 Å². The number of rotatable bonds is 7. The Labute approximate surface area is 228 Å². The van der Waals surface area contributed by atoms with Crippen molar-refractivity contribution < 1.29 is 34.0 Å². The summed E-state index contributed by atoms with van der Waals surface area (Å²) in [5.41, 5.74) is -0.0665. The average Bonchev–Trinajstić information content (AvgIpc) is 3.25. The molecule has 0 radical (unpaired) electrons. The maximum Gasteiger partial charge on any atom is 0.312 e. The first-order valence-corrected chi connectivity index (χ1v) is 14.8. The van der Waals surface area contributed by atoms with Gasteiger partial charge in [0.1, 0.15) is 17.8 Å². The molecule has 7 heteroatoms. The Balaban J connectivity index is 1.48. The number of hydrogen-bond donors (Lipinski definition) is 2. The van der Waals surface area contributed by atoms with Crippen molar-refractivity contribution in [1.29, 1.82) is 0 Å². The molecule has 1 saturated carbocycles. The monoisotopic (exact) mass is 534 g/mol. The van der Waals surface area contributed by atoms with E-state index in [4.69, 9.17) is 18.9 Å². The second kappa shape index (κ2) is 12.1. The van der Waals surface area contributed by atoms with Gasteiger partial charge in [-0.15, -0.1) is 0 Å². The van der Waals surface area contributed by atoms with E-state index in [0.29, 0.717) is 44.1 Å². The summed E-state index contributed by atoms with van der Waals surface area (Å²) in [5.74, 6) is -1.10. The molecule has 0 bridgehead atoms. The summed E-state index contributed by atoms with van der Waals surface area (Å²) >= 11 is 0. The summed E-state index contributed by atoms with van der Waals surface area (Å²) in [6.07, 6.45) is 9.94. The minimum absolute atomic E-state index is 0.0654. The Morgan fingerprint density at radius 2 is 1.92 bits per heavy atom. The zero-order valence-electron chi connectivity index (χ0n) is 24.2. The first-order valence-electron chi connectivity index (χ1n) is 14.8. The molecule has 11 atom stereocenters. The lowest BCUT2D eigenvalue weighted by Crippen LogP contribution is -2.60. The van der Waals surface area contributed by atoms with Crippen LogP contribution in [0.4, 0.5) is 0 Å². The highest BCUT2D eigenvalue weighted by molar-refractivity contribution is 5.74. The normalized spacial score (nSPS) is 44.8. The molecule has 0 amide bonds. The molecule has 38 heavy (non-hydrogen) atoms. The van der Waals surface area contributed by atoms with Crippen LogP contribution in [0.5, 0.6) is 0 Å². The highest BCUT2D eigenvalue weighted by Crippen LogP contribution is 2.47. The van der Waals surface area contributed by atoms with Crippen LogP contribution in [0.1, 0.15) is 92.9 Å². The number of aliphatic hydroxyl groups is 2. The summed E-state index contributed by atoms with van der Waals surface area (Å²) < 4.78 is 25.0. The van der Waals surface area contributed by atoms with Crippen molar-refractivity contribution in [2.75, 3.05) is 6.61 Å². The van der Waals surface area contributed by atoms with Crippen molar-refractivity contribution in [3.63, 3.8) is 0 Å². The topological polar surface area (TPSA) is 94.5 Å². The predicted octanol–water partition coefficient (Wildman–Crippen LogP) is 5.08. The average molecular weight is 535 g/mol. The first kappa shape index (κ1) is 29.7. The molecule has 1 spiro atoms. The summed E-state index contributed by atoms with van der Waals surface area (Å²) in [6.45, 7) is 13.0. The van der Waals surface area contributed by atoms with Crippen molar-refractivity contribution >= 4 is 5.97 Å². The van der Waals surface area contributed by atoms with Crippen LogP contribution in [0.15, 0.2) is 23.8 Å². The van der Waals surface area contributed by atoms with Gasteiger partial charge in [0.25, 0.3) is 0 Å². The van der Waals surface area contributed by atoms with Gasteiger partial charge in [0.15, 0.2) is 5.79 Å². The molecule has 4 rings (SSSR count). The van der Waals surface area contributed by atoms with Crippen LogP contribution in [0.2, 0.25) is 0 Å². The van der Waals surface area contributed by atoms with Crippen LogP contribution in [0, 0.1) is 23.7 Å². The Morgan fingerprint density at radius 3 is 2.63 bits per heavy atom. The Hall–Kier alpha value is -1.25. The van der Waals surface area contributed by atoms with Gasteiger partial charge < -0.3 is 29.2 Å². The third-order valence-electron chi connectivity index (χ3n) is 9.49. The number of carbonyl (C=O) groups excluding carboxylic acids is 1. The minimum Gasteiger partial charge on any atom is -0.462 e. The molecule has 0 aromatic rings. The lowest BCUT2D eigenvalue weighted by Gasteiger charge is -2.49. The van der Waals surface area contributed by atoms with Gasteiger partial charge in [-0.3, -0.25) is 4.79 Å². The lowest BCUT2D eigenvalue weighted by atomic mass is 9.68. The molecule has 4 fully saturated rings. The first-order chi connectivity index (χ1) is 18.0. The minimum atomic E-state index is -1.39. The van der Waals surface area contributed by atoms with Crippen LogP contribution >= 0.6 is 0 Å². The van der Waals surface area contributed by atoms with E-state index in [1.807, 2.05) is 13.8 Å². The lowest BCUT2D eigenvalue weighted by molar-refractivity contribution is -0.332. The highest BCUT2D eigenvalue weighted by atomic mass is 16.7. The van der Waals surface area contributed by atoms with Crippen LogP contribution in [0.25, 0.3) is 0 Å². The Bertz CT molecular complexity index is 885. The van der Waals surface area contributed by atoms with Gasteiger partial charge in [0, 0.05) is 25.7 Å². The third-order valence-corrected chi connectivity index (χ3v) is 9.49. The van der Waals surface area contributed by atoms with Gasteiger partial charge >= 0.3 is 5.97 Å². The molecule has 1 unspecified atom stereocenters. The Morgan fingerprint density at radius 1 is 1.16 bits per heavy atom. The van der Waals surface area contributed by atoms with Gasteiger partial charge in [-0.05, 0) is 64.2 Å². The fourth-order valence-electron chi connectivity index (χ4n) is 7.07. The van der Waals surface area contributed by atoms with Crippen molar-refractivity contribution in [3.05, 3.63) is 23.8 Å². The standard InChI is InChI=1S/C31H50O7/c1-7-8-19(2)15-20(3)9-10-24-17-25(18-30(38-24)12-11-21(4)23(6)37-30)36-29(33)26-16-22(5)27(32)28-31(26,34)13-14-35-28/h7-9,19,21-28,32,34H,10-18H2,1-6H3/b8-7+,20-9+/t19-,21-,22?,23+,24+,25-,26-,27+,28+,30-,31+/m0/s1. The van der Waals surface area contributed by atoms with E-state index in [2.05, 4.69) is 45.9 Å². The molecular weight excluding hydrogens is 484 g/mol. The molecule has 3 saturated heterocycles. The number of carbonyl (C=O) groups is 1. The van der Waals surface area contributed by atoms with Crippen LogP contribution in [-0.4, -0.2) is 64.7 Å². The van der Waals surface area contributed by atoms with Crippen LogP contribution in [0.3, 0.4) is 0 Å². The second-order valence-corrected chi connectivity index (χ2v) is 12.8. The third kappa shape index (κ3) is 6.38. The van der Waals surface area contributed by atoms with Gasteiger partial charge in [0.05, 0.1) is 30.8 Å². The quantitative estimate of drug-likeness (QED) is 0.347. The van der Waals surface area contributed by atoms with Crippen molar-refractivity contribution in [2.45, 2.75) is 135 Å². The summed E-state index contributed by atoms with van der Waals surface area (Å²) in [6, 6.07) is 0. The molecule has 3 aliphatic heterocycles. The number of hydrogen-bond acceptors (Lipinski definition) is 7. The van der Waals surface area contributed by atoms with E-state index in [-0.39, 0.29) is 24.2 Å². The summed E-state index contributed by atoms with van der Waals surface area (Å²) in [4.78, 5) is 13.6. The SMILES string of the molecule is C/C=C/[C@H](C)C/C(C)=C/C[C@@H]1C[C@H](OC(=O)[C@@H]2CC(C)[C@@H](O)[C@H]3OCC[C@]32O)C[C@]2(CC[C@H](C)[C@@H](C)O2)O1. The van der Waals surface area contributed by atoms with E-state index >= 15 is 0 Å². The molecule has 0 aromatic carbocycles. The highest BCUT2D eigenvalue weighted by Gasteiger charge is 2.59. The maximum absolute atomic E-state index is 13.6. The predicted molar refractivity (Wildman–Crippen MR) is 145 cm³/mol. The van der Waals surface area contributed by atoms with Gasteiger partial charge in [-0.25, -0.2) is 0 Å². The van der Waals surface area contributed by atoms with Gasteiger partial charge in [0.2, 0.25) is 0 Å². The molecule has 2 N–H and O–H groups in total. The molecule has 7 nitrogen and oxygen atoms in total. The van der Waals surface area contributed by atoms with Crippen molar-refractivity contribution in [1.82, 2.24) is 0 Å². The fourth-order valence-corrected chi connectivity index (χ4v) is 7.07. The summed E-state index contributed by atoms with van der Waals surface area (Å²) in [7, 11) is 0.